The van der Waals surface area contributed by atoms with Gasteiger partial charge in [0.05, 0.1) is 10.7 Å². The zero-order valence-electron chi connectivity index (χ0n) is 11.0. The van der Waals surface area contributed by atoms with Gasteiger partial charge in [-0.15, -0.1) is 0 Å². The Morgan fingerprint density at radius 2 is 2.17 bits per heavy atom. The molecule has 100 valence electrons. The summed E-state index contributed by atoms with van der Waals surface area (Å²) < 4.78 is 0. The number of rotatable bonds is 2. The van der Waals surface area contributed by atoms with Gasteiger partial charge in [0.15, 0.2) is 0 Å². The van der Waals surface area contributed by atoms with Gasteiger partial charge in [0.2, 0.25) is 0 Å². The molecule has 2 nitrogen and oxygen atoms in total. The molecular weight excluding hydrogens is 267 g/mol. The highest BCUT2D eigenvalue weighted by Gasteiger charge is 2.27. The van der Waals surface area contributed by atoms with Crippen LogP contribution in [0.25, 0.3) is 0 Å². The van der Waals surface area contributed by atoms with Crippen LogP contribution in [-0.4, -0.2) is 25.2 Å². The first-order valence-electron chi connectivity index (χ1n) is 6.49. The summed E-state index contributed by atoms with van der Waals surface area (Å²) in [5.41, 5.74) is 1.24. The maximum Gasteiger partial charge on any atom is 0.0654 e. The van der Waals surface area contributed by atoms with Gasteiger partial charge in [0.25, 0.3) is 0 Å². The fraction of sp³-hybridized carbons (Fsp3) is 0.571. The van der Waals surface area contributed by atoms with Crippen molar-refractivity contribution in [2.24, 2.45) is 0 Å². The Bertz CT molecular complexity index is 422. The van der Waals surface area contributed by atoms with Crippen molar-refractivity contribution >= 4 is 28.9 Å². The Kier molecular flexibility index (Phi) is 4.41. The van der Waals surface area contributed by atoms with E-state index >= 15 is 0 Å². The van der Waals surface area contributed by atoms with Crippen molar-refractivity contribution in [3.05, 3.63) is 28.2 Å². The van der Waals surface area contributed by atoms with Gasteiger partial charge < -0.3 is 10.2 Å². The van der Waals surface area contributed by atoms with E-state index in [1.807, 2.05) is 18.2 Å². The van der Waals surface area contributed by atoms with Crippen LogP contribution in [0.4, 0.5) is 5.69 Å². The average molecular weight is 287 g/mol. The predicted molar refractivity (Wildman–Crippen MR) is 80.0 cm³/mol. The highest BCUT2D eigenvalue weighted by molar-refractivity contribution is 6.36. The molecule has 1 aromatic carbocycles. The maximum atomic E-state index is 6.31. The monoisotopic (exact) mass is 286 g/mol. The highest BCUT2D eigenvalue weighted by Crippen LogP contribution is 2.31. The second-order valence-corrected chi connectivity index (χ2v) is 6.06. The molecule has 1 saturated heterocycles. The number of benzene rings is 1. The molecule has 1 fully saturated rings. The molecule has 1 aliphatic heterocycles. The van der Waals surface area contributed by atoms with E-state index in [0.717, 1.165) is 43.2 Å². The van der Waals surface area contributed by atoms with Crippen molar-refractivity contribution in [1.82, 2.24) is 5.32 Å². The summed E-state index contributed by atoms with van der Waals surface area (Å²) in [4.78, 5) is 2.36. The lowest BCUT2D eigenvalue weighted by molar-refractivity contribution is 0.366. The van der Waals surface area contributed by atoms with Crippen LogP contribution in [0, 0.1) is 0 Å². The predicted octanol–water partition coefficient (Wildman–Crippen LogP) is 3.96. The summed E-state index contributed by atoms with van der Waals surface area (Å²) in [6.45, 7) is 7.57. The largest absolute Gasteiger partial charge is 0.368 e. The van der Waals surface area contributed by atoms with Gasteiger partial charge in [-0.3, -0.25) is 0 Å². The number of nitrogens with zero attached hydrogens (tertiary/aromatic N) is 1. The third kappa shape index (κ3) is 3.11. The molecule has 1 aliphatic rings. The van der Waals surface area contributed by atoms with E-state index < -0.39 is 0 Å². The van der Waals surface area contributed by atoms with E-state index in [2.05, 4.69) is 24.1 Å². The molecule has 4 heteroatoms. The van der Waals surface area contributed by atoms with Crippen LogP contribution in [0.2, 0.25) is 10.0 Å². The quantitative estimate of drug-likeness (QED) is 0.885. The molecule has 1 unspecified atom stereocenters. The smallest absolute Gasteiger partial charge is 0.0654 e. The van der Waals surface area contributed by atoms with Gasteiger partial charge in [-0.25, -0.2) is 0 Å². The first-order valence-corrected chi connectivity index (χ1v) is 7.25. The molecule has 1 aromatic rings. The van der Waals surface area contributed by atoms with Gasteiger partial charge in [-0.05, 0) is 44.5 Å². The molecule has 0 bridgehead atoms. The molecule has 0 aromatic heterocycles. The summed E-state index contributed by atoms with van der Waals surface area (Å²) in [5, 5.41) is 5.06. The Labute approximate surface area is 119 Å². The third-order valence-corrected chi connectivity index (χ3v) is 4.26. The zero-order valence-corrected chi connectivity index (χ0v) is 12.5. The van der Waals surface area contributed by atoms with E-state index in [0.29, 0.717) is 5.02 Å². The van der Waals surface area contributed by atoms with Gasteiger partial charge in [0, 0.05) is 23.7 Å². The molecule has 18 heavy (non-hydrogen) atoms. The van der Waals surface area contributed by atoms with E-state index in [9.17, 15) is 0 Å². The van der Waals surface area contributed by atoms with Gasteiger partial charge in [-0.2, -0.15) is 0 Å². The molecule has 0 saturated carbocycles. The highest BCUT2D eigenvalue weighted by atomic mass is 35.5. The zero-order chi connectivity index (χ0) is 13.2. The average Bonchev–Trinajstić information content (AvgIpc) is 2.52. The number of nitrogens with one attached hydrogen (secondary N) is 1. The normalized spacial score (nSPS) is 25.0. The summed E-state index contributed by atoms with van der Waals surface area (Å²) in [6, 6.07) is 5.75. The minimum atomic E-state index is 0.152. The van der Waals surface area contributed by atoms with Gasteiger partial charge in [-0.1, -0.05) is 30.1 Å². The molecule has 1 N–H and O–H groups in total. The minimum Gasteiger partial charge on any atom is -0.368 e. The topological polar surface area (TPSA) is 15.3 Å². The van der Waals surface area contributed by atoms with E-state index in [-0.39, 0.29) is 5.54 Å². The third-order valence-electron chi connectivity index (χ3n) is 3.73. The van der Waals surface area contributed by atoms with Crippen LogP contribution < -0.4 is 10.2 Å². The molecular formula is C14H20Cl2N2. The van der Waals surface area contributed by atoms with Crippen LogP contribution in [0.3, 0.4) is 0 Å². The summed E-state index contributed by atoms with van der Waals surface area (Å²) in [6.07, 6.45) is 2.24. The molecule has 1 heterocycles. The van der Waals surface area contributed by atoms with E-state index in [1.165, 1.54) is 0 Å². The number of anilines is 1. The minimum absolute atomic E-state index is 0.152. The van der Waals surface area contributed by atoms with Crippen LogP contribution in [0.1, 0.15) is 26.7 Å². The summed E-state index contributed by atoms with van der Waals surface area (Å²) >= 11 is 12.3. The van der Waals surface area contributed by atoms with Crippen LogP contribution in [0.15, 0.2) is 18.2 Å². The first kappa shape index (κ1) is 14.0. The van der Waals surface area contributed by atoms with E-state index in [4.69, 9.17) is 23.2 Å². The molecule has 2 rings (SSSR count). The number of hydrogen-bond donors (Lipinski definition) is 1. The van der Waals surface area contributed by atoms with Gasteiger partial charge >= 0.3 is 0 Å². The molecule has 0 spiro atoms. The van der Waals surface area contributed by atoms with Crippen molar-refractivity contribution in [2.75, 3.05) is 24.5 Å². The van der Waals surface area contributed by atoms with Gasteiger partial charge in [0.1, 0.15) is 0 Å². The van der Waals surface area contributed by atoms with Crippen molar-refractivity contribution in [2.45, 2.75) is 32.2 Å². The molecule has 1 atom stereocenters. The van der Waals surface area contributed by atoms with Crippen LogP contribution >= 0.6 is 23.2 Å². The van der Waals surface area contributed by atoms with Crippen molar-refractivity contribution in [1.29, 1.82) is 0 Å². The fourth-order valence-corrected chi connectivity index (χ4v) is 2.92. The van der Waals surface area contributed by atoms with Crippen molar-refractivity contribution < 1.29 is 0 Å². The van der Waals surface area contributed by atoms with Crippen molar-refractivity contribution in [3.8, 4) is 0 Å². The van der Waals surface area contributed by atoms with Crippen molar-refractivity contribution in [3.63, 3.8) is 0 Å². The molecule has 0 radical (unpaired) electrons. The lowest BCUT2D eigenvalue weighted by Gasteiger charge is -2.34. The first-order chi connectivity index (χ1) is 8.54. The maximum absolute atomic E-state index is 6.31. The van der Waals surface area contributed by atoms with E-state index in [1.54, 1.807) is 0 Å². The summed E-state index contributed by atoms with van der Waals surface area (Å²) in [7, 11) is 0. The number of halogens is 2. The Hall–Kier alpha value is -0.440. The second kappa shape index (κ2) is 5.68. The Morgan fingerprint density at radius 3 is 2.83 bits per heavy atom. The Morgan fingerprint density at radius 1 is 1.39 bits per heavy atom. The standard InChI is InChI=1S/C14H20Cl2N2/c1-3-14(2)10-18(8-4-7-17-14)13-6-5-11(15)9-12(13)16/h5-6,9,17H,3-4,7-8,10H2,1-2H3. The summed E-state index contributed by atoms with van der Waals surface area (Å²) in [5.74, 6) is 0. The second-order valence-electron chi connectivity index (χ2n) is 5.21. The SMILES string of the molecule is CCC1(C)CN(c2ccc(Cl)cc2Cl)CCCN1. The lowest BCUT2D eigenvalue weighted by atomic mass is 9.98. The molecule has 0 aliphatic carbocycles. The fourth-order valence-electron chi connectivity index (χ4n) is 2.40. The van der Waals surface area contributed by atoms with Crippen LogP contribution in [-0.2, 0) is 0 Å². The Balaban J connectivity index is 2.25. The number of hydrogen-bond acceptors (Lipinski definition) is 2. The molecule has 0 amide bonds. The van der Waals surface area contributed by atoms with Crippen LogP contribution in [0.5, 0.6) is 0 Å². The lowest BCUT2D eigenvalue weighted by Crippen LogP contribution is -2.48.